The van der Waals surface area contributed by atoms with Crippen LogP contribution in [0.5, 0.6) is 0 Å². The van der Waals surface area contributed by atoms with Gasteiger partial charge in [-0.25, -0.2) is 0 Å². The lowest BCUT2D eigenvalue weighted by molar-refractivity contribution is -0.150. The van der Waals surface area contributed by atoms with Crippen LogP contribution in [0, 0.1) is 5.92 Å². The zero-order chi connectivity index (χ0) is 13.6. The highest BCUT2D eigenvalue weighted by Gasteiger charge is 2.53. The molecule has 0 spiro atoms. The number of ether oxygens (including phenoxy) is 1. The van der Waals surface area contributed by atoms with E-state index in [4.69, 9.17) is 4.74 Å². The van der Waals surface area contributed by atoms with E-state index in [1.165, 1.54) is 7.11 Å². The predicted octanol–water partition coefficient (Wildman–Crippen LogP) is 0.276. The summed E-state index contributed by atoms with van der Waals surface area (Å²) in [6, 6.07) is 7.32. The largest absolute Gasteiger partial charge is 0.469 e. The van der Waals surface area contributed by atoms with E-state index in [1.54, 1.807) is 4.90 Å². The Labute approximate surface area is 110 Å². The summed E-state index contributed by atoms with van der Waals surface area (Å²) in [4.78, 5) is 25.5. The summed E-state index contributed by atoms with van der Waals surface area (Å²) in [5.74, 6) is -1.75. The lowest BCUT2D eigenvalue weighted by Crippen LogP contribution is -2.36. The van der Waals surface area contributed by atoms with Gasteiger partial charge in [0.1, 0.15) is 12.0 Å². The van der Waals surface area contributed by atoms with Crippen molar-refractivity contribution in [1.82, 2.24) is 4.90 Å². The maximum absolute atomic E-state index is 12.0. The first-order chi connectivity index (χ1) is 9.15. The molecular formula is C14H15NO4. The zero-order valence-electron chi connectivity index (χ0n) is 10.6. The number of aliphatic hydroxyl groups excluding tert-OH is 1. The number of hydrogen-bond acceptors (Lipinski definition) is 4. The average Bonchev–Trinajstić information content (AvgIpc) is 2.71. The van der Waals surface area contributed by atoms with Gasteiger partial charge in [0.25, 0.3) is 5.91 Å². The number of rotatable bonds is 1. The first-order valence-electron chi connectivity index (χ1n) is 6.29. The van der Waals surface area contributed by atoms with Crippen LogP contribution in [-0.2, 0) is 20.7 Å². The van der Waals surface area contributed by atoms with Crippen LogP contribution in [0.25, 0.3) is 0 Å². The van der Waals surface area contributed by atoms with Crippen LogP contribution >= 0.6 is 0 Å². The molecule has 0 bridgehead atoms. The Hall–Kier alpha value is -1.88. The third-order valence-corrected chi connectivity index (χ3v) is 4.02. The number of aliphatic hydroxyl groups is 1. The average molecular weight is 261 g/mol. The maximum atomic E-state index is 12.0. The molecule has 2 aliphatic rings. The summed E-state index contributed by atoms with van der Waals surface area (Å²) in [5.41, 5.74) is 2.06. The molecule has 2 aliphatic heterocycles. The number of benzene rings is 1. The Kier molecular flexibility index (Phi) is 2.78. The maximum Gasteiger partial charge on any atom is 0.314 e. The fraction of sp³-hybridized carbons (Fsp3) is 0.429. The fourth-order valence-electron chi connectivity index (χ4n) is 3.12. The van der Waals surface area contributed by atoms with Gasteiger partial charge >= 0.3 is 5.97 Å². The minimum atomic E-state index is -1.30. The van der Waals surface area contributed by atoms with Gasteiger partial charge in [-0.15, -0.1) is 0 Å². The van der Waals surface area contributed by atoms with Crippen molar-refractivity contribution in [2.24, 2.45) is 5.92 Å². The Morgan fingerprint density at radius 2 is 2.16 bits per heavy atom. The van der Waals surface area contributed by atoms with E-state index in [0.29, 0.717) is 6.54 Å². The molecular weight excluding hydrogens is 246 g/mol. The smallest absolute Gasteiger partial charge is 0.314 e. The summed E-state index contributed by atoms with van der Waals surface area (Å²) in [7, 11) is 1.27. The summed E-state index contributed by atoms with van der Waals surface area (Å²) in [5, 5.41) is 10.0. The van der Waals surface area contributed by atoms with Crippen molar-refractivity contribution < 1.29 is 19.4 Å². The monoisotopic (exact) mass is 261 g/mol. The number of carbonyl (C=O) groups excluding carboxylic acids is 2. The molecule has 5 nitrogen and oxygen atoms in total. The molecule has 0 aliphatic carbocycles. The lowest BCUT2D eigenvalue weighted by atomic mass is 9.86. The molecule has 5 heteroatoms. The second kappa shape index (κ2) is 4.35. The van der Waals surface area contributed by atoms with E-state index in [2.05, 4.69) is 0 Å². The Morgan fingerprint density at radius 1 is 1.42 bits per heavy atom. The van der Waals surface area contributed by atoms with Gasteiger partial charge < -0.3 is 14.7 Å². The van der Waals surface area contributed by atoms with Crippen LogP contribution in [0.3, 0.4) is 0 Å². The minimum absolute atomic E-state index is 0.380. The molecule has 1 N–H and O–H groups in total. The van der Waals surface area contributed by atoms with E-state index >= 15 is 0 Å². The lowest BCUT2D eigenvalue weighted by Gasteiger charge is -2.33. The first kappa shape index (κ1) is 12.2. The van der Waals surface area contributed by atoms with Gasteiger partial charge in [0.15, 0.2) is 0 Å². The van der Waals surface area contributed by atoms with Gasteiger partial charge in [-0.05, 0) is 17.5 Å². The fourth-order valence-corrected chi connectivity index (χ4v) is 3.12. The Morgan fingerprint density at radius 3 is 2.89 bits per heavy atom. The van der Waals surface area contributed by atoms with Crippen molar-refractivity contribution in [3.8, 4) is 0 Å². The molecule has 100 valence electrons. The van der Waals surface area contributed by atoms with Gasteiger partial charge in [-0.1, -0.05) is 24.3 Å². The number of carbonyl (C=O) groups is 2. The van der Waals surface area contributed by atoms with Gasteiger partial charge in [0, 0.05) is 6.54 Å². The van der Waals surface area contributed by atoms with E-state index in [-0.39, 0.29) is 5.91 Å². The van der Waals surface area contributed by atoms with Crippen molar-refractivity contribution in [3.05, 3.63) is 35.4 Å². The van der Waals surface area contributed by atoms with Crippen LogP contribution in [0.1, 0.15) is 17.2 Å². The number of amides is 1. The highest BCUT2D eigenvalue weighted by atomic mass is 16.5. The highest BCUT2D eigenvalue weighted by Crippen LogP contribution is 2.42. The number of nitrogens with zero attached hydrogens (tertiary/aromatic N) is 1. The van der Waals surface area contributed by atoms with Gasteiger partial charge in [0.05, 0.1) is 13.2 Å². The Bertz CT molecular complexity index is 542. The topological polar surface area (TPSA) is 66.8 Å². The quantitative estimate of drug-likeness (QED) is 0.737. The summed E-state index contributed by atoms with van der Waals surface area (Å²) >= 11 is 0. The normalized spacial score (nSPS) is 28.8. The second-order valence-electron chi connectivity index (χ2n) is 4.92. The predicted molar refractivity (Wildman–Crippen MR) is 66.1 cm³/mol. The molecule has 1 aromatic carbocycles. The molecule has 0 unspecified atom stereocenters. The SMILES string of the molecule is COC(=O)[C@@H]1[C@H](O)C(=O)N2CCc3ccccc3[C@H]12. The number of hydrogen-bond donors (Lipinski definition) is 1. The molecule has 1 amide bonds. The zero-order valence-corrected chi connectivity index (χ0v) is 10.6. The molecule has 3 atom stereocenters. The van der Waals surface area contributed by atoms with Crippen molar-refractivity contribution in [1.29, 1.82) is 0 Å². The van der Waals surface area contributed by atoms with Crippen molar-refractivity contribution >= 4 is 11.9 Å². The first-order valence-corrected chi connectivity index (χ1v) is 6.29. The molecule has 2 heterocycles. The van der Waals surface area contributed by atoms with Crippen molar-refractivity contribution in [2.45, 2.75) is 18.6 Å². The molecule has 0 radical (unpaired) electrons. The third kappa shape index (κ3) is 1.65. The minimum Gasteiger partial charge on any atom is -0.469 e. The van der Waals surface area contributed by atoms with Crippen LogP contribution < -0.4 is 0 Å². The number of methoxy groups -OCH3 is 1. The van der Waals surface area contributed by atoms with E-state index < -0.39 is 24.0 Å². The van der Waals surface area contributed by atoms with Gasteiger partial charge in [-0.2, -0.15) is 0 Å². The van der Waals surface area contributed by atoms with Crippen LogP contribution in [0.4, 0.5) is 0 Å². The molecule has 3 rings (SSSR count). The number of esters is 1. The van der Waals surface area contributed by atoms with Crippen LogP contribution in [0.15, 0.2) is 24.3 Å². The van der Waals surface area contributed by atoms with Crippen molar-refractivity contribution in [2.75, 3.05) is 13.7 Å². The number of fused-ring (bicyclic) bond motifs is 3. The summed E-state index contributed by atoms with van der Waals surface area (Å²) < 4.78 is 4.74. The highest BCUT2D eigenvalue weighted by molar-refractivity contribution is 5.92. The summed E-state index contributed by atoms with van der Waals surface area (Å²) in [6.45, 7) is 0.533. The van der Waals surface area contributed by atoms with E-state index in [0.717, 1.165) is 17.5 Å². The molecule has 1 fully saturated rings. The standard InChI is InChI=1S/C14H15NO4/c1-19-14(18)10-11-9-5-3-2-4-8(9)6-7-15(11)13(17)12(10)16/h2-5,10-12,16H,6-7H2,1H3/t10-,11+,12-/m0/s1. The van der Waals surface area contributed by atoms with Crippen LogP contribution in [-0.4, -0.2) is 41.6 Å². The van der Waals surface area contributed by atoms with E-state index in [1.807, 2.05) is 24.3 Å². The third-order valence-electron chi connectivity index (χ3n) is 4.02. The van der Waals surface area contributed by atoms with Crippen molar-refractivity contribution in [3.63, 3.8) is 0 Å². The molecule has 19 heavy (non-hydrogen) atoms. The van der Waals surface area contributed by atoms with E-state index in [9.17, 15) is 14.7 Å². The molecule has 1 saturated heterocycles. The van der Waals surface area contributed by atoms with Crippen LogP contribution in [0.2, 0.25) is 0 Å². The van der Waals surface area contributed by atoms with Gasteiger partial charge in [-0.3, -0.25) is 9.59 Å². The summed E-state index contributed by atoms with van der Waals surface area (Å²) in [6.07, 6.45) is -0.553. The molecule has 0 saturated carbocycles. The van der Waals surface area contributed by atoms with Gasteiger partial charge in [0.2, 0.25) is 0 Å². The molecule has 1 aromatic rings. The molecule has 0 aromatic heterocycles. The Balaban J connectivity index is 2.09. The second-order valence-corrected chi connectivity index (χ2v) is 4.92.